The molecule has 1 aliphatic rings. The molecule has 1 aliphatic heterocycles. The fourth-order valence-electron chi connectivity index (χ4n) is 3.60. The third kappa shape index (κ3) is 3.73. The lowest BCUT2D eigenvalue weighted by Crippen LogP contribution is -2.16. The number of carbonyl (C=O) groups is 1. The summed E-state index contributed by atoms with van der Waals surface area (Å²) in [7, 11) is -3.09. The van der Waals surface area contributed by atoms with E-state index >= 15 is 0 Å². The van der Waals surface area contributed by atoms with Crippen LogP contribution in [0.15, 0.2) is 47.1 Å². The van der Waals surface area contributed by atoms with Crippen molar-refractivity contribution in [2.45, 2.75) is 26.3 Å². The van der Waals surface area contributed by atoms with Crippen LogP contribution in [0.5, 0.6) is 0 Å². The van der Waals surface area contributed by atoms with Gasteiger partial charge >= 0.3 is 0 Å². The number of carbonyl (C=O) groups excluding carboxylic acids is 1. The van der Waals surface area contributed by atoms with Crippen LogP contribution in [0.4, 0.5) is 5.69 Å². The van der Waals surface area contributed by atoms with Crippen LogP contribution in [-0.4, -0.2) is 35.6 Å². The van der Waals surface area contributed by atoms with E-state index in [1.165, 1.54) is 6.26 Å². The van der Waals surface area contributed by atoms with Gasteiger partial charge in [0.05, 0.1) is 23.8 Å². The van der Waals surface area contributed by atoms with E-state index in [2.05, 4.69) is 10.4 Å². The zero-order valence-corrected chi connectivity index (χ0v) is 16.5. The number of furan rings is 1. The Hall–Kier alpha value is -2.87. The van der Waals surface area contributed by atoms with E-state index in [-0.39, 0.29) is 29.1 Å². The quantitative estimate of drug-likeness (QED) is 0.726. The molecule has 3 aromatic rings. The smallest absolute Gasteiger partial charge is 0.276 e. The van der Waals surface area contributed by atoms with Crippen LogP contribution in [0, 0.1) is 13.8 Å². The molecule has 1 amide bonds. The van der Waals surface area contributed by atoms with Crippen molar-refractivity contribution in [2.24, 2.45) is 0 Å². The molecule has 1 saturated heterocycles. The first-order chi connectivity index (χ1) is 13.3. The summed E-state index contributed by atoms with van der Waals surface area (Å²) >= 11 is 0. The van der Waals surface area contributed by atoms with Crippen LogP contribution in [0.3, 0.4) is 0 Å². The average Bonchev–Trinajstić information content (AvgIpc) is 3.31. The van der Waals surface area contributed by atoms with Gasteiger partial charge in [-0.05, 0) is 55.7 Å². The van der Waals surface area contributed by atoms with Crippen LogP contribution in [0.25, 0.3) is 11.5 Å². The number of sulfone groups is 1. The highest BCUT2D eigenvalue weighted by molar-refractivity contribution is 7.91. The zero-order valence-electron chi connectivity index (χ0n) is 15.7. The summed E-state index contributed by atoms with van der Waals surface area (Å²) in [6.45, 7) is 3.93. The number of amides is 1. The number of rotatable bonds is 4. The number of aromatic nitrogens is 2. The SMILES string of the molecule is Cc1cc(C)cc(NC(=O)c2cc(-c3ccco3)n(C3CCS(=O)(=O)C3)n2)c1. The van der Waals surface area contributed by atoms with E-state index in [4.69, 9.17) is 4.42 Å². The van der Waals surface area contributed by atoms with E-state index in [1.54, 1.807) is 22.9 Å². The monoisotopic (exact) mass is 399 g/mol. The van der Waals surface area contributed by atoms with Gasteiger partial charge in [0.15, 0.2) is 21.3 Å². The first-order valence-electron chi connectivity index (χ1n) is 9.04. The average molecular weight is 399 g/mol. The van der Waals surface area contributed by atoms with Gasteiger partial charge in [0.2, 0.25) is 0 Å². The van der Waals surface area contributed by atoms with Crippen molar-refractivity contribution in [3.63, 3.8) is 0 Å². The molecule has 4 rings (SSSR count). The van der Waals surface area contributed by atoms with Gasteiger partial charge in [-0.1, -0.05) is 6.07 Å². The molecule has 0 radical (unpaired) electrons. The highest BCUT2D eigenvalue weighted by atomic mass is 32.2. The van der Waals surface area contributed by atoms with Crippen molar-refractivity contribution in [1.82, 2.24) is 9.78 Å². The molecule has 7 nitrogen and oxygen atoms in total. The van der Waals surface area contributed by atoms with E-state index in [9.17, 15) is 13.2 Å². The molecule has 3 heterocycles. The van der Waals surface area contributed by atoms with Gasteiger partial charge in [-0.2, -0.15) is 5.10 Å². The van der Waals surface area contributed by atoms with Gasteiger partial charge in [0.25, 0.3) is 5.91 Å². The third-order valence-electron chi connectivity index (χ3n) is 4.78. The molecule has 0 saturated carbocycles. The minimum Gasteiger partial charge on any atom is -0.463 e. The molecule has 8 heteroatoms. The van der Waals surface area contributed by atoms with E-state index < -0.39 is 9.84 Å². The van der Waals surface area contributed by atoms with Crippen LogP contribution in [0.1, 0.15) is 34.1 Å². The molecule has 0 spiro atoms. The van der Waals surface area contributed by atoms with Gasteiger partial charge in [0.1, 0.15) is 5.69 Å². The number of hydrogen-bond donors (Lipinski definition) is 1. The van der Waals surface area contributed by atoms with Crippen molar-refractivity contribution in [2.75, 3.05) is 16.8 Å². The Morgan fingerprint density at radius 2 is 1.96 bits per heavy atom. The molecule has 0 bridgehead atoms. The highest BCUT2D eigenvalue weighted by Gasteiger charge is 2.32. The molecular formula is C20H21N3O4S. The van der Waals surface area contributed by atoms with Gasteiger partial charge < -0.3 is 9.73 Å². The van der Waals surface area contributed by atoms with Crippen molar-refractivity contribution < 1.29 is 17.6 Å². The van der Waals surface area contributed by atoms with E-state index in [0.717, 1.165) is 11.1 Å². The summed E-state index contributed by atoms with van der Waals surface area (Å²) in [5.41, 5.74) is 3.61. The first-order valence-corrected chi connectivity index (χ1v) is 10.9. The Morgan fingerprint density at radius 3 is 2.57 bits per heavy atom. The normalized spacial score (nSPS) is 18.3. The lowest BCUT2D eigenvalue weighted by atomic mass is 10.1. The summed E-state index contributed by atoms with van der Waals surface area (Å²) in [6, 6.07) is 10.6. The van der Waals surface area contributed by atoms with Gasteiger partial charge in [0, 0.05) is 11.8 Å². The predicted molar refractivity (Wildman–Crippen MR) is 106 cm³/mol. The second kappa shape index (κ2) is 6.94. The second-order valence-electron chi connectivity index (χ2n) is 7.22. The summed E-state index contributed by atoms with van der Waals surface area (Å²) in [5.74, 6) is 0.333. The topological polar surface area (TPSA) is 94.2 Å². The Morgan fingerprint density at radius 1 is 1.21 bits per heavy atom. The van der Waals surface area contributed by atoms with Crippen LogP contribution in [-0.2, 0) is 9.84 Å². The first kappa shape index (κ1) is 18.5. The van der Waals surface area contributed by atoms with E-state index in [1.807, 2.05) is 32.0 Å². The minimum absolute atomic E-state index is 0.0144. The molecule has 28 heavy (non-hydrogen) atoms. The molecule has 146 valence electrons. The summed E-state index contributed by atoms with van der Waals surface area (Å²) < 4.78 is 30.9. The molecule has 1 unspecified atom stereocenters. The molecule has 2 aromatic heterocycles. The summed E-state index contributed by atoms with van der Waals surface area (Å²) in [4.78, 5) is 12.8. The Bertz CT molecular complexity index is 1110. The summed E-state index contributed by atoms with van der Waals surface area (Å²) in [6.07, 6.45) is 2.00. The Balaban J connectivity index is 1.68. The zero-order chi connectivity index (χ0) is 19.9. The Labute approximate surface area is 163 Å². The fourth-order valence-corrected chi connectivity index (χ4v) is 5.29. The summed E-state index contributed by atoms with van der Waals surface area (Å²) in [5, 5.41) is 7.30. The molecule has 1 fully saturated rings. The largest absolute Gasteiger partial charge is 0.463 e. The predicted octanol–water partition coefficient (Wildman–Crippen LogP) is 3.37. The van der Waals surface area contributed by atoms with Crippen molar-refractivity contribution in [1.29, 1.82) is 0 Å². The fraction of sp³-hybridized carbons (Fsp3) is 0.300. The number of nitrogens with one attached hydrogen (secondary N) is 1. The third-order valence-corrected chi connectivity index (χ3v) is 6.53. The standard InChI is InChI=1S/C20H21N3O4S/c1-13-8-14(2)10-15(9-13)21-20(24)17-11-18(19-4-3-6-27-19)23(22-17)16-5-7-28(25,26)12-16/h3-4,6,8-11,16H,5,7,12H2,1-2H3,(H,21,24). The van der Waals surface area contributed by atoms with Gasteiger partial charge in [-0.3, -0.25) is 9.48 Å². The number of benzene rings is 1. The number of hydrogen-bond acceptors (Lipinski definition) is 5. The van der Waals surface area contributed by atoms with Crippen molar-refractivity contribution in [3.8, 4) is 11.5 Å². The second-order valence-corrected chi connectivity index (χ2v) is 9.45. The lowest BCUT2D eigenvalue weighted by Gasteiger charge is -2.11. The molecule has 1 atom stereocenters. The molecule has 0 aliphatic carbocycles. The van der Waals surface area contributed by atoms with Gasteiger partial charge in [-0.15, -0.1) is 0 Å². The van der Waals surface area contributed by atoms with Crippen molar-refractivity contribution in [3.05, 3.63) is 59.5 Å². The van der Waals surface area contributed by atoms with Crippen LogP contribution >= 0.6 is 0 Å². The van der Waals surface area contributed by atoms with Crippen LogP contribution in [0.2, 0.25) is 0 Å². The highest BCUT2D eigenvalue weighted by Crippen LogP contribution is 2.30. The number of nitrogens with zero attached hydrogens (tertiary/aromatic N) is 2. The molecule has 1 aromatic carbocycles. The maximum Gasteiger partial charge on any atom is 0.276 e. The maximum absolute atomic E-state index is 12.8. The lowest BCUT2D eigenvalue weighted by molar-refractivity contribution is 0.102. The minimum atomic E-state index is -3.09. The van der Waals surface area contributed by atoms with Crippen LogP contribution < -0.4 is 5.32 Å². The maximum atomic E-state index is 12.8. The van der Waals surface area contributed by atoms with E-state index in [0.29, 0.717) is 23.6 Å². The molecule has 1 N–H and O–H groups in total. The van der Waals surface area contributed by atoms with Gasteiger partial charge in [-0.25, -0.2) is 8.42 Å². The van der Waals surface area contributed by atoms with Crippen molar-refractivity contribution >= 4 is 21.4 Å². The Kier molecular flexibility index (Phi) is 4.58. The number of aryl methyl sites for hydroxylation is 2. The molecular weight excluding hydrogens is 378 g/mol. The number of anilines is 1.